The molecule has 1 aromatic carbocycles. The van der Waals surface area contributed by atoms with E-state index in [1.807, 2.05) is 53.1 Å². The zero-order valence-corrected chi connectivity index (χ0v) is 17.5. The van der Waals surface area contributed by atoms with Gasteiger partial charge in [-0.2, -0.15) is 0 Å². The number of fused-ring (bicyclic) bond motifs is 1. The number of furan rings is 1. The molecule has 0 unspecified atom stereocenters. The average molecular weight is 419 g/mol. The van der Waals surface area contributed by atoms with Crippen LogP contribution in [0.1, 0.15) is 17.1 Å². The Labute approximate surface area is 181 Å². The maximum atomic E-state index is 5.41. The molecule has 8 heteroatoms. The molecule has 3 aromatic heterocycles. The van der Waals surface area contributed by atoms with Crippen LogP contribution in [-0.4, -0.2) is 40.8 Å². The lowest BCUT2D eigenvalue weighted by molar-refractivity contribution is 0.414. The van der Waals surface area contributed by atoms with Crippen molar-refractivity contribution >= 4 is 11.6 Å². The first-order valence-corrected chi connectivity index (χ1v) is 10.3. The molecular formula is C23H26N6O2. The third-order valence-electron chi connectivity index (χ3n) is 4.87. The van der Waals surface area contributed by atoms with Crippen molar-refractivity contribution in [2.75, 3.05) is 20.2 Å². The van der Waals surface area contributed by atoms with E-state index in [1.54, 1.807) is 13.4 Å². The number of rotatable bonds is 9. The number of hydrogen-bond donors (Lipinski definition) is 2. The topological polar surface area (TPSA) is 89.0 Å². The Morgan fingerprint density at radius 2 is 1.84 bits per heavy atom. The maximum Gasteiger partial charge on any atom is 0.191 e. The third kappa shape index (κ3) is 5.63. The van der Waals surface area contributed by atoms with Gasteiger partial charge in [-0.05, 0) is 48.4 Å². The first kappa shape index (κ1) is 20.5. The van der Waals surface area contributed by atoms with E-state index < -0.39 is 0 Å². The van der Waals surface area contributed by atoms with Crippen molar-refractivity contribution in [1.29, 1.82) is 0 Å². The minimum absolute atomic E-state index is 0.420. The van der Waals surface area contributed by atoms with Gasteiger partial charge in [-0.1, -0.05) is 18.2 Å². The number of ether oxygens (including phenoxy) is 1. The number of aromatic nitrogens is 3. The van der Waals surface area contributed by atoms with Crippen molar-refractivity contribution in [3.8, 4) is 5.75 Å². The summed E-state index contributed by atoms with van der Waals surface area (Å²) >= 11 is 0. The van der Waals surface area contributed by atoms with Gasteiger partial charge in [-0.3, -0.25) is 4.40 Å². The van der Waals surface area contributed by atoms with Crippen molar-refractivity contribution in [2.24, 2.45) is 4.99 Å². The molecule has 0 bridgehead atoms. The normalized spacial score (nSPS) is 11.6. The summed E-state index contributed by atoms with van der Waals surface area (Å²) in [5.41, 5.74) is 2.04. The van der Waals surface area contributed by atoms with Gasteiger partial charge in [-0.25, -0.2) is 4.99 Å². The molecule has 0 spiro atoms. The number of guanidine groups is 1. The lowest BCUT2D eigenvalue weighted by atomic mass is 10.1. The molecule has 2 N–H and O–H groups in total. The molecule has 160 valence electrons. The summed E-state index contributed by atoms with van der Waals surface area (Å²) in [6.45, 7) is 1.88. The van der Waals surface area contributed by atoms with E-state index in [-0.39, 0.29) is 0 Å². The van der Waals surface area contributed by atoms with Crippen molar-refractivity contribution in [2.45, 2.75) is 19.4 Å². The molecule has 0 fully saturated rings. The van der Waals surface area contributed by atoms with E-state index in [4.69, 9.17) is 14.1 Å². The monoisotopic (exact) mass is 418 g/mol. The Hall–Kier alpha value is -3.81. The van der Waals surface area contributed by atoms with E-state index in [0.717, 1.165) is 48.3 Å². The molecule has 0 aliphatic carbocycles. The highest BCUT2D eigenvalue weighted by Crippen LogP contribution is 2.11. The number of nitrogens with one attached hydrogen (secondary N) is 2. The quantitative estimate of drug-likeness (QED) is 0.321. The zero-order chi connectivity index (χ0) is 21.3. The van der Waals surface area contributed by atoms with Crippen LogP contribution in [0, 0.1) is 0 Å². The molecule has 0 radical (unpaired) electrons. The molecule has 0 atom stereocenters. The number of hydrogen-bond acceptors (Lipinski definition) is 5. The van der Waals surface area contributed by atoms with E-state index in [2.05, 4.69) is 33.0 Å². The third-order valence-corrected chi connectivity index (χ3v) is 4.87. The number of benzene rings is 1. The molecular weight excluding hydrogens is 392 g/mol. The van der Waals surface area contributed by atoms with Crippen LogP contribution in [0.3, 0.4) is 0 Å². The molecule has 31 heavy (non-hydrogen) atoms. The summed E-state index contributed by atoms with van der Waals surface area (Å²) in [7, 11) is 1.67. The van der Waals surface area contributed by atoms with Crippen molar-refractivity contribution in [3.63, 3.8) is 0 Å². The molecule has 0 amide bonds. The van der Waals surface area contributed by atoms with Crippen molar-refractivity contribution < 1.29 is 9.15 Å². The van der Waals surface area contributed by atoms with Crippen LogP contribution in [0.25, 0.3) is 5.65 Å². The maximum absolute atomic E-state index is 5.41. The molecule has 0 aliphatic rings. The average Bonchev–Trinajstić information content (AvgIpc) is 3.47. The van der Waals surface area contributed by atoms with Gasteiger partial charge in [0.15, 0.2) is 17.4 Å². The van der Waals surface area contributed by atoms with Crippen molar-refractivity contribution in [1.82, 2.24) is 25.2 Å². The van der Waals surface area contributed by atoms with E-state index >= 15 is 0 Å². The molecule has 0 saturated heterocycles. The molecule has 8 nitrogen and oxygen atoms in total. The predicted molar refractivity (Wildman–Crippen MR) is 119 cm³/mol. The van der Waals surface area contributed by atoms with E-state index in [0.29, 0.717) is 13.1 Å². The zero-order valence-electron chi connectivity index (χ0n) is 17.5. The summed E-state index contributed by atoms with van der Waals surface area (Å²) in [4.78, 5) is 4.71. The Kier molecular flexibility index (Phi) is 6.79. The largest absolute Gasteiger partial charge is 0.497 e. The van der Waals surface area contributed by atoms with Gasteiger partial charge in [0.1, 0.15) is 18.1 Å². The van der Waals surface area contributed by atoms with Crippen molar-refractivity contribution in [3.05, 3.63) is 84.2 Å². The SMILES string of the molecule is COc1ccc(CCNC(=NCc2nnc3ccccn23)NCCc2ccco2)cc1. The second-order valence-corrected chi connectivity index (χ2v) is 6.99. The fraction of sp³-hybridized carbons (Fsp3) is 0.261. The lowest BCUT2D eigenvalue weighted by Gasteiger charge is -2.12. The summed E-state index contributed by atoms with van der Waals surface area (Å²) in [5.74, 6) is 3.32. The van der Waals surface area contributed by atoms with Gasteiger partial charge < -0.3 is 19.8 Å². The van der Waals surface area contributed by atoms with Crippen LogP contribution < -0.4 is 15.4 Å². The van der Waals surface area contributed by atoms with Crippen LogP contribution in [-0.2, 0) is 19.4 Å². The molecule has 0 saturated carbocycles. The smallest absolute Gasteiger partial charge is 0.191 e. The molecule has 4 rings (SSSR count). The highest BCUT2D eigenvalue weighted by Gasteiger charge is 2.06. The first-order chi connectivity index (χ1) is 15.3. The van der Waals surface area contributed by atoms with E-state index in [1.165, 1.54) is 5.56 Å². The molecule has 4 aromatic rings. The summed E-state index contributed by atoms with van der Waals surface area (Å²) in [6.07, 6.45) is 5.28. The number of pyridine rings is 1. The predicted octanol–water partition coefficient (Wildman–Crippen LogP) is 2.85. The van der Waals surface area contributed by atoms with Crippen LogP contribution in [0.5, 0.6) is 5.75 Å². The van der Waals surface area contributed by atoms with Crippen LogP contribution in [0.4, 0.5) is 0 Å². The van der Waals surface area contributed by atoms with Gasteiger partial charge in [0.05, 0.1) is 13.4 Å². The Balaban J connectivity index is 1.37. The van der Waals surface area contributed by atoms with Gasteiger partial charge >= 0.3 is 0 Å². The van der Waals surface area contributed by atoms with Gasteiger partial charge in [-0.15, -0.1) is 10.2 Å². The van der Waals surface area contributed by atoms with Crippen LogP contribution in [0.2, 0.25) is 0 Å². The summed E-state index contributed by atoms with van der Waals surface area (Å²) < 4.78 is 12.6. The Bertz CT molecular complexity index is 1100. The fourth-order valence-electron chi connectivity index (χ4n) is 3.20. The van der Waals surface area contributed by atoms with Crippen LogP contribution >= 0.6 is 0 Å². The summed E-state index contributed by atoms with van der Waals surface area (Å²) in [5, 5.41) is 15.2. The second kappa shape index (κ2) is 10.3. The standard InChI is InChI=1S/C23H26N6O2/c1-30-19-9-7-18(8-10-19)11-13-24-23(25-14-12-20-5-4-16-31-20)26-17-22-28-27-21-6-2-3-15-29(21)22/h2-10,15-16H,11-14,17H2,1H3,(H2,24,25,26). The number of aliphatic imine (C=N–C) groups is 1. The van der Waals surface area contributed by atoms with Gasteiger partial charge in [0, 0.05) is 25.7 Å². The Morgan fingerprint density at radius 3 is 2.61 bits per heavy atom. The Morgan fingerprint density at radius 1 is 1.00 bits per heavy atom. The minimum Gasteiger partial charge on any atom is -0.497 e. The molecule has 3 heterocycles. The molecule has 0 aliphatic heterocycles. The first-order valence-electron chi connectivity index (χ1n) is 10.3. The summed E-state index contributed by atoms with van der Waals surface area (Å²) in [6, 6.07) is 17.8. The van der Waals surface area contributed by atoms with E-state index in [9.17, 15) is 0 Å². The second-order valence-electron chi connectivity index (χ2n) is 6.99. The highest BCUT2D eigenvalue weighted by molar-refractivity contribution is 5.79. The minimum atomic E-state index is 0.420. The van der Waals surface area contributed by atoms with Gasteiger partial charge in [0.25, 0.3) is 0 Å². The number of methoxy groups -OCH3 is 1. The lowest BCUT2D eigenvalue weighted by Crippen LogP contribution is -2.39. The van der Waals surface area contributed by atoms with Crippen LogP contribution in [0.15, 0.2) is 76.5 Å². The number of nitrogens with zero attached hydrogens (tertiary/aromatic N) is 4. The fourth-order valence-corrected chi connectivity index (χ4v) is 3.20. The highest BCUT2D eigenvalue weighted by atomic mass is 16.5. The van der Waals surface area contributed by atoms with Gasteiger partial charge in [0.2, 0.25) is 0 Å².